The predicted octanol–water partition coefficient (Wildman–Crippen LogP) is 2.91. The lowest BCUT2D eigenvalue weighted by Gasteiger charge is -2.30. The maximum absolute atomic E-state index is 12.2. The zero-order valence-electron chi connectivity index (χ0n) is 11.8. The van der Waals surface area contributed by atoms with Crippen molar-refractivity contribution >= 4 is 37.3 Å². The Morgan fingerprint density at radius 1 is 1.35 bits per heavy atom. The molecule has 0 aliphatic carbocycles. The number of likely N-dealkylation sites (tertiary alicyclic amines) is 1. The molecule has 0 amide bonds. The summed E-state index contributed by atoms with van der Waals surface area (Å²) in [7, 11) is -3.39. The molecule has 1 aliphatic heterocycles. The monoisotopic (exact) mass is 380 g/mol. The average molecular weight is 381 g/mol. The van der Waals surface area contributed by atoms with Crippen molar-refractivity contribution in [1.82, 2.24) is 9.62 Å². The van der Waals surface area contributed by atoms with Gasteiger partial charge >= 0.3 is 0 Å². The van der Waals surface area contributed by atoms with Gasteiger partial charge in [0.25, 0.3) is 0 Å². The summed E-state index contributed by atoms with van der Waals surface area (Å²) < 4.78 is 28.5. The zero-order valence-corrected chi connectivity index (χ0v) is 15.0. The predicted molar refractivity (Wildman–Crippen MR) is 86.6 cm³/mol. The van der Waals surface area contributed by atoms with Crippen LogP contribution >= 0.6 is 27.3 Å². The lowest BCUT2D eigenvalue weighted by molar-refractivity contribution is 0.193. The van der Waals surface area contributed by atoms with E-state index in [-0.39, 0.29) is 6.04 Å². The molecule has 1 atom stereocenters. The van der Waals surface area contributed by atoms with Gasteiger partial charge in [-0.15, -0.1) is 11.3 Å². The van der Waals surface area contributed by atoms with Gasteiger partial charge in [-0.2, -0.15) is 0 Å². The summed E-state index contributed by atoms with van der Waals surface area (Å²) >= 11 is 4.54. The highest BCUT2D eigenvalue weighted by atomic mass is 79.9. The normalized spacial score (nSPS) is 18.8. The Balaban J connectivity index is 2.01. The van der Waals surface area contributed by atoms with E-state index in [0.717, 1.165) is 16.9 Å². The molecule has 1 aromatic heterocycles. The summed E-state index contributed by atoms with van der Waals surface area (Å²) in [5, 5.41) is 0. The van der Waals surface area contributed by atoms with Crippen LogP contribution in [0, 0.1) is 5.92 Å². The van der Waals surface area contributed by atoms with Gasteiger partial charge in [0.1, 0.15) is 4.21 Å². The number of hydrogen-bond donors (Lipinski definition) is 1. The summed E-state index contributed by atoms with van der Waals surface area (Å²) in [6.45, 7) is 6.94. The molecule has 0 radical (unpaired) electrons. The molecule has 1 fully saturated rings. The van der Waals surface area contributed by atoms with Gasteiger partial charge in [-0.1, -0.05) is 13.8 Å². The van der Waals surface area contributed by atoms with E-state index in [9.17, 15) is 8.42 Å². The van der Waals surface area contributed by atoms with Gasteiger partial charge in [0, 0.05) is 12.6 Å². The molecule has 2 heterocycles. The highest BCUT2D eigenvalue weighted by Gasteiger charge is 2.26. The van der Waals surface area contributed by atoms with E-state index in [4.69, 9.17) is 0 Å². The lowest BCUT2D eigenvalue weighted by Crippen LogP contribution is -2.45. The first-order valence-corrected chi connectivity index (χ1v) is 9.98. The second-order valence-electron chi connectivity index (χ2n) is 5.46. The average Bonchev–Trinajstić information content (AvgIpc) is 3.00. The minimum absolute atomic E-state index is 0.274. The van der Waals surface area contributed by atoms with E-state index in [2.05, 4.69) is 39.4 Å². The van der Waals surface area contributed by atoms with Crippen LogP contribution in [0.3, 0.4) is 0 Å². The summed E-state index contributed by atoms with van der Waals surface area (Å²) in [5.74, 6) is 0.436. The number of hydrogen-bond acceptors (Lipinski definition) is 4. The van der Waals surface area contributed by atoms with Gasteiger partial charge in [-0.05, 0) is 59.9 Å². The molecule has 1 unspecified atom stereocenters. The van der Waals surface area contributed by atoms with E-state index in [0.29, 0.717) is 16.7 Å². The van der Waals surface area contributed by atoms with Gasteiger partial charge in [0.05, 0.1) is 3.79 Å². The SMILES string of the molecule is CC(C)C(CNS(=O)(=O)c1ccc(Br)s1)N1CCCC1. The second-order valence-corrected chi connectivity index (χ2v) is 9.92. The number of thiophene rings is 1. The first-order chi connectivity index (χ1) is 9.40. The Labute approximate surface area is 133 Å². The fourth-order valence-corrected chi connectivity index (χ4v) is 5.67. The molecule has 1 N–H and O–H groups in total. The molecule has 0 spiro atoms. The summed E-state index contributed by atoms with van der Waals surface area (Å²) in [6.07, 6.45) is 2.43. The molecule has 114 valence electrons. The first kappa shape index (κ1) is 16.4. The summed E-state index contributed by atoms with van der Waals surface area (Å²) in [6, 6.07) is 3.67. The van der Waals surface area contributed by atoms with Crippen LogP contribution in [-0.4, -0.2) is 39.0 Å². The number of halogens is 1. The van der Waals surface area contributed by atoms with E-state index < -0.39 is 10.0 Å². The Morgan fingerprint density at radius 3 is 2.50 bits per heavy atom. The van der Waals surface area contributed by atoms with Gasteiger partial charge in [-0.25, -0.2) is 13.1 Å². The minimum Gasteiger partial charge on any atom is -0.299 e. The second kappa shape index (κ2) is 6.87. The van der Waals surface area contributed by atoms with Gasteiger partial charge in [0.2, 0.25) is 10.0 Å². The summed E-state index contributed by atoms with van der Waals surface area (Å²) in [5.41, 5.74) is 0. The third-order valence-corrected chi connectivity index (χ3v) is 7.21. The molecule has 4 nitrogen and oxygen atoms in total. The molecular weight excluding hydrogens is 360 g/mol. The Kier molecular flexibility index (Phi) is 5.64. The maximum atomic E-state index is 12.2. The lowest BCUT2D eigenvalue weighted by atomic mass is 10.0. The van der Waals surface area contributed by atoms with Crippen molar-refractivity contribution in [1.29, 1.82) is 0 Å². The molecule has 1 aliphatic rings. The molecular formula is C13H21BrN2O2S2. The van der Waals surface area contributed by atoms with Crippen molar-refractivity contribution < 1.29 is 8.42 Å². The van der Waals surface area contributed by atoms with Crippen LogP contribution in [-0.2, 0) is 10.0 Å². The van der Waals surface area contributed by atoms with Crippen molar-refractivity contribution in [3.8, 4) is 0 Å². The van der Waals surface area contributed by atoms with Crippen LogP contribution in [0.15, 0.2) is 20.1 Å². The number of sulfonamides is 1. The van der Waals surface area contributed by atoms with Crippen LogP contribution in [0.4, 0.5) is 0 Å². The highest BCUT2D eigenvalue weighted by molar-refractivity contribution is 9.11. The quantitative estimate of drug-likeness (QED) is 0.825. The topological polar surface area (TPSA) is 49.4 Å². The van der Waals surface area contributed by atoms with Gasteiger partial charge in [-0.3, -0.25) is 4.90 Å². The van der Waals surface area contributed by atoms with Crippen molar-refractivity contribution in [2.75, 3.05) is 19.6 Å². The van der Waals surface area contributed by atoms with Crippen molar-refractivity contribution in [3.63, 3.8) is 0 Å². The van der Waals surface area contributed by atoms with E-state index >= 15 is 0 Å². The van der Waals surface area contributed by atoms with Crippen LogP contribution in [0.1, 0.15) is 26.7 Å². The molecule has 7 heteroatoms. The minimum atomic E-state index is -3.39. The smallest absolute Gasteiger partial charge is 0.250 e. The summed E-state index contributed by atoms with van der Waals surface area (Å²) in [4.78, 5) is 2.40. The van der Waals surface area contributed by atoms with E-state index in [1.54, 1.807) is 12.1 Å². The Morgan fingerprint density at radius 2 is 2.00 bits per heavy atom. The molecule has 0 aromatic carbocycles. The van der Waals surface area contributed by atoms with Crippen molar-refractivity contribution in [2.45, 2.75) is 36.9 Å². The third kappa shape index (κ3) is 4.04. The van der Waals surface area contributed by atoms with Gasteiger partial charge < -0.3 is 0 Å². The fourth-order valence-electron chi connectivity index (χ4n) is 2.57. The standard InChI is InChI=1S/C13H21BrN2O2S2/c1-10(2)11(16-7-3-4-8-16)9-15-20(17,18)13-6-5-12(14)19-13/h5-6,10-11,15H,3-4,7-9H2,1-2H3. The third-order valence-electron chi connectivity index (χ3n) is 3.68. The largest absolute Gasteiger partial charge is 0.299 e. The maximum Gasteiger partial charge on any atom is 0.250 e. The molecule has 1 aromatic rings. The number of nitrogens with zero attached hydrogens (tertiary/aromatic N) is 1. The van der Waals surface area contributed by atoms with E-state index in [1.165, 1.54) is 24.2 Å². The first-order valence-electron chi connectivity index (χ1n) is 6.89. The Hall–Kier alpha value is 0.0500. The van der Waals surface area contributed by atoms with Crippen LogP contribution in [0.5, 0.6) is 0 Å². The van der Waals surface area contributed by atoms with Crippen molar-refractivity contribution in [2.24, 2.45) is 5.92 Å². The molecule has 20 heavy (non-hydrogen) atoms. The molecule has 0 bridgehead atoms. The van der Waals surface area contributed by atoms with Gasteiger partial charge in [0.15, 0.2) is 0 Å². The van der Waals surface area contributed by atoms with E-state index in [1.807, 2.05) is 0 Å². The zero-order chi connectivity index (χ0) is 14.8. The molecule has 0 saturated carbocycles. The van der Waals surface area contributed by atoms with Crippen LogP contribution in [0.2, 0.25) is 0 Å². The molecule has 2 rings (SSSR count). The van der Waals surface area contributed by atoms with Crippen molar-refractivity contribution in [3.05, 3.63) is 15.9 Å². The van der Waals surface area contributed by atoms with Crippen LogP contribution in [0.25, 0.3) is 0 Å². The number of rotatable bonds is 6. The Bertz CT molecular complexity index is 536. The number of nitrogens with one attached hydrogen (secondary N) is 1. The van der Waals surface area contributed by atoms with Crippen LogP contribution < -0.4 is 4.72 Å². The highest BCUT2D eigenvalue weighted by Crippen LogP contribution is 2.26. The molecule has 1 saturated heterocycles. The fraction of sp³-hybridized carbons (Fsp3) is 0.692.